The molecule has 0 bridgehead atoms. The normalized spacial score (nSPS) is 19.8. The molecular formula is C23H35N5O4. The van der Waals surface area contributed by atoms with Crippen LogP contribution in [0.2, 0.25) is 0 Å². The molecule has 1 aromatic rings. The number of guanidine groups is 1. The molecule has 0 saturated carbocycles. The van der Waals surface area contributed by atoms with Crippen molar-refractivity contribution < 1.29 is 19.4 Å². The number of aromatic carboxylic acids is 1. The van der Waals surface area contributed by atoms with Gasteiger partial charge in [0.1, 0.15) is 0 Å². The van der Waals surface area contributed by atoms with E-state index in [9.17, 15) is 14.7 Å². The van der Waals surface area contributed by atoms with Gasteiger partial charge < -0.3 is 25.0 Å². The number of carboxylic acids is 1. The van der Waals surface area contributed by atoms with E-state index < -0.39 is 5.97 Å². The van der Waals surface area contributed by atoms with Crippen LogP contribution < -0.4 is 5.32 Å². The van der Waals surface area contributed by atoms with Crippen LogP contribution >= 0.6 is 0 Å². The molecule has 0 aromatic heterocycles. The number of aliphatic imine (C=N–C) groups is 1. The maximum Gasteiger partial charge on any atom is 0.335 e. The van der Waals surface area contributed by atoms with Crippen LogP contribution in [-0.2, 0) is 9.53 Å². The molecule has 2 saturated heterocycles. The molecule has 1 aromatic carbocycles. The molecule has 32 heavy (non-hydrogen) atoms. The summed E-state index contributed by atoms with van der Waals surface area (Å²) in [6.45, 7) is 10.3. The summed E-state index contributed by atoms with van der Waals surface area (Å²) in [5.41, 5.74) is 0.920. The molecule has 176 valence electrons. The number of carbonyl (C=O) groups excluding carboxylic acids is 1. The summed E-state index contributed by atoms with van der Waals surface area (Å²) in [5.74, 6) is -0.0740. The monoisotopic (exact) mass is 445 g/mol. The highest BCUT2D eigenvalue weighted by atomic mass is 16.5. The summed E-state index contributed by atoms with van der Waals surface area (Å²) in [6.07, 6.45) is 2.19. The summed E-state index contributed by atoms with van der Waals surface area (Å²) < 4.78 is 5.71. The van der Waals surface area contributed by atoms with Crippen molar-refractivity contribution in [3.05, 3.63) is 29.8 Å². The first-order valence-electron chi connectivity index (χ1n) is 11.5. The molecule has 0 spiro atoms. The second-order valence-electron chi connectivity index (χ2n) is 8.14. The molecule has 2 heterocycles. The quantitative estimate of drug-likeness (QED) is 0.465. The lowest BCUT2D eigenvalue weighted by atomic mass is 10.2. The van der Waals surface area contributed by atoms with Crippen molar-refractivity contribution in [2.45, 2.75) is 32.8 Å². The van der Waals surface area contributed by atoms with Gasteiger partial charge in [0.05, 0.1) is 24.8 Å². The third-order valence-corrected chi connectivity index (χ3v) is 5.98. The number of piperazine rings is 1. The molecule has 1 atom stereocenters. The standard InChI is InChI=1S/C23H35N5O4/c1-3-27(4-2)21(29)17-26-10-12-28(13-11-26)23(24-16-20-9-6-14-32-20)25-19-8-5-7-18(15-19)22(30)31/h5,7-8,15,20H,3-4,6,9-14,16-17H2,1-2H3,(H,24,25)(H,30,31). The van der Waals surface area contributed by atoms with Crippen LogP contribution in [0, 0.1) is 0 Å². The minimum absolute atomic E-state index is 0.130. The Bertz CT molecular complexity index is 797. The van der Waals surface area contributed by atoms with Crippen molar-refractivity contribution in [3.63, 3.8) is 0 Å². The average molecular weight is 446 g/mol. The summed E-state index contributed by atoms with van der Waals surface area (Å²) in [4.78, 5) is 34.8. The number of amides is 1. The Kier molecular flexibility index (Phi) is 8.87. The van der Waals surface area contributed by atoms with Gasteiger partial charge in [-0.2, -0.15) is 0 Å². The van der Waals surface area contributed by atoms with Gasteiger partial charge in [-0.05, 0) is 44.9 Å². The first kappa shape index (κ1) is 24.0. The van der Waals surface area contributed by atoms with Crippen LogP contribution in [-0.4, -0.2) is 103 Å². The molecule has 0 radical (unpaired) electrons. The molecule has 2 N–H and O–H groups in total. The van der Waals surface area contributed by atoms with E-state index in [4.69, 9.17) is 9.73 Å². The van der Waals surface area contributed by atoms with Gasteiger partial charge in [-0.25, -0.2) is 4.79 Å². The number of carboxylic acid groups (broad SMARTS) is 1. The summed E-state index contributed by atoms with van der Waals surface area (Å²) in [5, 5.41) is 12.6. The van der Waals surface area contributed by atoms with E-state index in [-0.39, 0.29) is 17.6 Å². The Morgan fingerprint density at radius 1 is 1.22 bits per heavy atom. The van der Waals surface area contributed by atoms with Crippen molar-refractivity contribution in [3.8, 4) is 0 Å². The van der Waals surface area contributed by atoms with Crippen molar-refractivity contribution in [2.75, 3.05) is 64.3 Å². The summed E-state index contributed by atoms with van der Waals surface area (Å²) in [6, 6.07) is 6.75. The van der Waals surface area contributed by atoms with Gasteiger partial charge in [0.25, 0.3) is 0 Å². The first-order chi connectivity index (χ1) is 15.5. The average Bonchev–Trinajstić information content (AvgIpc) is 3.32. The zero-order valence-electron chi connectivity index (χ0n) is 19.1. The predicted molar refractivity (Wildman–Crippen MR) is 124 cm³/mol. The predicted octanol–water partition coefficient (Wildman–Crippen LogP) is 1.82. The minimum atomic E-state index is -0.960. The molecule has 9 heteroatoms. The van der Waals surface area contributed by atoms with E-state index in [1.807, 2.05) is 24.8 Å². The van der Waals surface area contributed by atoms with Gasteiger partial charge in [-0.1, -0.05) is 6.07 Å². The van der Waals surface area contributed by atoms with Crippen molar-refractivity contribution >= 4 is 23.5 Å². The number of hydrogen-bond donors (Lipinski definition) is 2. The number of rotatable bonds is 8. The van der Waals surface area contributed by atoms with Gasteiger partial charge in [0, 0.05) is 51.6 Å². The number of nitrogens with zero attached hydrogens (tertiary/aromatic N) is 4. The zero-order valence-corrected chi connectivity index (χ0v) is 19.1. The summed E-state index contributed by atoms with van der Waals surface area (Å²) in [7, 11) is 0. The third-order valence-electron chi connectivity index (χ3n) is 5.98. The fourth-order valence-electron chi connectivity index (χ4n) is 4.04. The SMILES string of the molecule is CCN(CC)C(=O)CN1CCN(C(=NCC2CCCO2)Nc2cccc(C(=O)O)c2)CC1. The first-order valence-corrected chi connectivity index (χ1v) is 11.5. The van der Waals surface area contributed by atoms with Crippen molar-refractivity contribution in [1.29, 1.82) is 0 Å². The lowest BCUT2D eigenvalue weighted by Gasteiger charge is -2.37. The number of carbonyl (C=O) groups is 2. The van der Waals surface area contributed by atoms with Gasteiger partial charge >= 0.3 is 5.97 Å². The molecule has 2 aliphatic rings. The fourth-order valence-corrected chi connectivity index (χ4v) is 4.04. The number of benzene rings is 1. The maximum absolute atomic E-state index is 12.4. The molecule has 2 fully saturated rings. The van der Waals surface area contributed by atoms with E-state index in [0.717, 1.165) is 64.7 Å². The number of hydrogen-bond acceptors (Lipinski definition) is 5. The van der Waals surface area contributed by atoms with E-state index in [0.29, 0.717) is 18.8 Å². The smallest absolute Gasteiger partial charge is 0.335 e. The van der Waals surface area contributed by atoms with Crippen molar-refractivity contribution in [1.82, 2.24) is 14.7 Å². The largest absolute Gasteiger partial charge is 0.478 e. The number of nitrogens with one attached hydrogen (secondary N) is 1. The van der Waals surface area contributed by atoms with Crippen LogP contribution in [0.25, 0.3) is 0 Å². The van der Waals surface area contributed by atoms with Crippen LogP contribution in [0.3, 0.4) is 0 Å². The molecule has 9 nitrogen and oxygen atoms in total. The molecule has 3 rings (SSSR count). The van der Waals surface area contributed by atoms with E-state index >= 15 is 0 Å². The maximum atomic E-state index is 12.4. The van der Waals surface area contributed by atoms with E-state index in [1.54, 1.807) is 18.2 Å². The fraction of sp³-hybridized carbons (Fsp3) is 0.609. The van der Waals surface area contributed by atoms with Gasteiger partial charge in [-0.3, -0.25) is 14.7 Å². The Morgan fingerprint density at radius 3 is 2.59 bits per heavy atom. The van der Waals surface area contributed by atoms with Gasteiger partial charge in [-0.15, -0.1) is 0 Å². The zero-order chi connectivity index (χ0) is 22.9. The Hall–Kier alpha value is -2.65. The lowest BCUT2D eigenvalue weighted by Crippen LogP contribution is -2.53. The second-order valence-corrected chi connectivity index (χ2v) is 8.14. The third kappa shape index (κ3) is 6.67. The Morgan fingerprint density at radius 2 is 1.97 bits per heavy atom. The van der Waals surface area contributed by atoms with Gasteiger partial charge in [0.15, 0.2) is 5.96 Å². The molecule has 1 unspecified atom stereocenters. The van der Waals surface area contributed by atoms with Gasteiger partial charge in [0.2, 0.25) is 5.91 Å². The van der Waals surface area contributed by atoms with E-state index in [2.05, 4.69) is 15.1 Å². The minimum Gasteiger partial charge on any atom is -0.478 e. The number of anilines is 1. The van der Waals surface area contributed by atoms with Crippen LogP contribution in [0.5, 0.6) is 0 Å². The number of likely N-dealkylation sites (N-methyl/N-ethyl adjacent to an activating group) is 1. The Labute approximate surface area is 190 Å². The topological polar surface area (TPSA) is 97.7 Å². The lowest BCUT2D eigenvalue weighted by molar-refractivity contribution is -0.132. The van der Waals surface area contributed by atoms with Crippen LogP contribution in [0.1, 0.15) is 37.0 Å². The van der Waals surface area contributed by atoms with E-state index in [1.165, 1.54) is 0 Å². The Balaban J connectivity index is 1.65. The van der Waals surface area contributed by atoms with Crippen LogP contribution in [0.4, 0.5) is 5.69 Å². The highest BCUT2D eigenvalue weighted by Gasteiger charge is 2.24. The van der Waals surface area contributed by atoms with Crippen LogP contribution in [0.15, 0.2) is 29.3 Å². The highest BCUT2D eigenvalue weighted by molar-refractivity contribution is 5.96. The number of ether oxygens (including phenoxy) is 1. The molecular weight excluding hydrogens is 410 g/mol. The molecule has 1 amide bonds. The summed E-state index contributed by atoms with van der Waals surface area (Å²) >= 11 is 0. The second kappa shape index (κ2) is 11.8. The molecule has 0 aliphatic carbocycles. The molecule has 2 aliphatic heterocycles. The highest BCUT2D eigenvalue weighted by Crippen LogP contribution is 2.15. The van der Waals surface area contributed by atoms with Crippen molar-refractivity contribution in [2.24, 2.45) is 4.99 Å².